The van der Waals surface area contributed by atoms with Crippen molar-refractivity contribution in [3.05, 3.63) is 65.7 Å². The molecule has 0 aliphatic carbocycles. The molecule has 3 heteroatoms. The molecule has 100 valence electrons. The van der Waals surface area contributed by atoms with Crippen molar-refractivity contribution in [3.8, 4) is 5.75 Å². The largest absolute Gasteiger partial charge is 0.489 e. The molecule has 19 heavy (non-hydrogen) atoms. The minimum atomic E-state index is -0.666. The first-order valence-electron chi connectivity index (χ1n) is 6.37. The minimum Gasteiger partial charge on any atom is -0.489 e. The summed E-state index contributed by atoms with van der Waals surface area (Å²) in [5.74, 6) is 0.737. The monoisotopic (exact) mass is 257 g/mol. The van der Waals surface area contributed by atoms with Crippen molar-refractivity contribution in [1.29, 1.82) is 0 Å². The lowest BCUT2D eigenvalue weighted by Gasteiger charge is -2.16. The molecule has 0 fully saturated rings. The summed E-state index contributed by atoms with van der Waals surface area (Å²) in [6.07, 6.45) is -0.666. The van der Waals surface area contributed by atoms with E-state index in [-0.39, 0.29) is 6.04 Å². The van der Waals surface area contributed by atoms with Gasteiger partial charge in [0.2, 0.25) is 0 Å². The number of rotatable bonds is 5. The van der Waals surface area contributed by atoms with Crippen molar-refractivity contribution in [2.45, 2.75) is 25.7 Å². The van der Waals surface area contributed by atoms with E-state index in [4.69, 9.17) is 10.5 Å². The van der Waals surface area contributed by atoms with E-state index < -0.39 is 6.10 Å². The smallest absolute Gasteiger partial charge is 0.120 e. The Morgan fingerprint density at radius 3 is 2.53 bits per heavy atom. The normalized spacial score (nSPS) is 13.8. The summed E-state index contributed by atoms with van der Waals surface area (Å²) >= 11 is 0. The highest BCUT2D eigenvalue weighted by Crippen LogP contribution is 2.21. The lowest BCUT2D eigenvalue weighted by atomic mass is 10.0. The van der Waals surface area contributed by atoms with Crippen LogP contribution < -0.4 is 10.5 Å². The van der Waals surface area contributed by atoms with E-state index in [0.29, 0.717) is 6.61 Å². The summed E-state index contributed by atoms with van der Waals surface area (Å²) in [7, 11) is 0. The van der Waals surface area contributed by atoms with E-state index in [1.807, 2.05) is 54.6 Å². The molecule has 2 aromatic rings. The molecule has 0 aliphatic rings. The Labute approximate surface area is 113 Å². The fourth-order valence-corrected chi connectivity index (χ4v) is 1.83. The van der Waals surface area contributed by atoms with Gasteiger partial charge in [-0.25, -0.2) is 0 Å². The molecule has 0 radical (unpaired) electrons. The third-order valence-electron chi connectivity index (χ3n) is 2.95. The van der Waals surface area contributed by atoms with Gasteiger partial charge in [0.25, 0.3) is 0 Å². The van der Waals surface area contributed by atoms with Gasteiger partial charge in [0.05, 0.1) is 6.10 Å². The Bertz CT molecular complexity index is 511. The van der Waals surface area contributed by atoms with Crippen LogP contribution in [0.5, 0.6) is 5.75 Å². The van der Waals surface area contributed by atoms with Crippen molar-refractivity contribution in [2.75, 3.05) is 0 Å². The zero-order chi connectivity index (χ0) is 13.7. The highest BCUT2D eigenvalue weighted by atomic mass is 16.5. The number of ether oxygens (including phenoxy) is 1. The van der Waals surface area contributed by atoms with Crippen molar-refractivity contribution in [2.24, 2.45) is 5.73 Å². The standard InChI is InChI=1S/C16H19NO2/c1-12(17)16(18)14-8-5-9-15(10-14)19-11-13-6-3-2-4-7-13/h2-10,12,16,18H,11,17H2,1H3/t12-,16-/m0/s1. The number of benzene rings is 2. The van der Waals surface area contributed by atoms with Crippen LogP contribution in [0.4, 0.5) is 0 Å². The molecule has 0 aliphatic heterocycles. The lowest BCUT2D eigenvalue weighted by Crippen LogP contribution is -2.24. The third kappa shape index (κ3) is 3.81. The number of hydrogen-bond donors (Lipinski definition) is 2. The first-order chi connectivity index (χ1) is 9.16. The predicted octanol–water partition coefficient (Wildman–Crippen LogP) is 2.65. The summed E-state index contributed by atoms with van der Waals surface area (Å²) < 4.78 is 5.71. The van der Waals surface area contributed by atoms with Crippen LogP contribution in [-0.4, -0.2) is 11.1 Å². The number of nitrogens with two attached hydrogens (primary N) is 1. The van der Waals surface area contributed by atoms with Gasteiger partial charge in [0.1, 0.15) is 12.4 Å². The molecule has 0 heterocycles. The number of aliphatic hydroxyl groups excluding tert-OH is 1. The molecule has 0 amide bonds. The molecule has 2 aromatic carbocycles. The van der Waals surface area contributed by atoms with Crippen LogP contribution in [0.25, 0.3) is 0 Å². The summed E-state index contributed by atoms with van der Waals surface area (Å²) in [6.45, 7) is 2.29. The summed E-state index contributed by atoms with van der Waals surface area (Å²) in [5.41, 5.74) is 7.58. The van der Waals surface area contributed by atoms with Crippen molar-refractivity contribution >= 4 is 0 Å². The second kappa shape index (κ2) is 6.36. The van der Waals surface area contributed by atoms with Gasteiger partial charge in [0, 0.05) is 6.04 Å². The van der Waals surface area contributed by atoms with Crippen LogP contribution in [0, 0.1) is 0 Å². The molecule has 0 bridgehead atoms. The maximum Gasteiger partial charge on any atom is 0.120 e. The van der Waals surface area contributed by atoms with Gasteiger partial charge in [-0.1, -0.05) is 42.5 Å². The topological polar surface area (TPSA) is 55.5 Å². The van der Waals surface area contributed by atoms with Crippen molar-refractivity contribution < 1.29 is 9.84 Å². The molecule has 3 N–H and O–H groups in total. The van der Waals surface area contributed by atoms with Gasteiger partial charge < -0.3 is 15.6 Å². The summed E-state index contributed by atoms with van der Waals surface area (Å²) in [4.78, 5) is 0. The Kier molecular flexibility index (Phi) is 4.55. The van der Waals surface area contributed by atoms with E-state index in [1.54, 1.807) is 6.92 Å². The summed E-state index contributed by atoms with van der Waals surface area (Å²) in [6, 6.07) is 17.1. The quantitative estimate of drug-likeness (QED) is 0.865. The average Bonchev–Trinajstić information content (AvgIpc) is 2.45. The van der Waals surface area contributed by atoms with Crippen LogP contribution in [-0.2, 0) is 6.61 Å². The maximum atomic E-state index is 9.93. The fourth-order valence-electron chi connectivity index (χ4n) is 1.83. The Hall–Kier alpha value is -1.84. The van der Waals surface area contributed by atoms with Gasteiger partial charge in [-0.3, -0.25) is 0 Å². The molecule has 3 nitrogen and oxygen atoms in total. The molecule has 0 unspecified atom stereocenters. The van der Waals surface area contributed by atoms with Crippen LogP contribution >= 0.6 is 0 Å². The molecular weight excluding hydrogens is 238 g/mol. The molecule has 2 rings (SSSR count). The van der Waals surface area contributed by atoms with Crippen molar-refractivity contribution in [1.82, 2.24) is 0 Å². The number of hydrogen-bond acceptors (Lipinski definition) is 3. The average molecular weight is 257 g/mol. The highest BCUT2D eigenvalue weighted by Gasteiger charge is 2.12. The van der Waals surface area contributed by atoms with Gasteiger partial charge >= 0.3 is 0 Å². The van der Waals surface area contributed by atoms with Gasteiger partial charge in [0.15, 0.2) is 0 Å². The van der Waals surface area contributed by atoms with E-state index >= 15 is 0 Å². The van der Waals surface area contributed by atoms with Gasteiger partial charge in [-0.15, -0.1) is 0 Å². The van der Waals surface area contributed by atoms with Gasteiger partial charge in [-0.05, 0) is 30.2 Å². The maximum absolute atomic E-state index is 9.93. The SMILES string of the molecule is C[C@H](N)[C@H](O)c1cccc(OCc2ccccc2)c1. The predicted molar refractivity (Wildman–Crippen MR) is 75.8 cm³/mol. The highest BCUT2D eigenvalue weighted by molar-refractivity contribution is 5.30. The van der Waals surface area contributed by atoms with Crippen molar-refractivity contribution in [3.63, 3.8) is 0 Å². The van der Waals surface area contributed by atoms with E-state index in [1.165, 1.54) is 0 Å². The van der Waals surface area contributed by atoms with E-state index in [0.717, 1.165) is 16.9 Å². The molecule has 2 atom stereocenters. The lowest BCUT2D eigenvalue weighted by molar-refractivity contribution is 0.153. The zero-order valence-electron chi connectivity index (χ0n) is 11.0. The molecule has 0 saturated heterocycles. The second-order valence-corrected chi connectivity index (χ2v) is 4.65. The van der Waals surface area contributed by atoms with Crippen LogP contribution in [0.3, 0.4) is 0 Å². The van der Waals surface area contributed by atoms with Crippen LogP contribution in [0.15, 0.2) is 54.6 Å². The minimum absolute atomic E-state index is 0.302. The van der Waals surface area contributed by atoms with E-state index in [9.17, 15) is 5.11 Å². The van der Waals surface area contributed by atoms with Crippen LogP contribution in [0.1, 0.15) is 24.2 Å². The zero-order valence-corrected chi connectivity index (χ0v) is 11.0. The van der Waals surface area contributed by atoms with Gasteiger partial charge in [-0.2, -0.15) is 0 Å². The molecular formula is C16H19NO2. The third-order valence-corrected chi connectivity index (χ3v) is 2.95. The molecule has 0 aromatic heterocycles. The number of aliphatic hydroxyl groups is 1. The first-order valence-corrected chi connectivity index (χ1v) is 6.37. The summed E-state index contributed by atoms with van der Waals surface area (Å²) in [5, 5.41) is 9.93. The Morgan fingerprint density at radius 2 is 1.84 bits per heavy atom. The first kappa shape index (κ1) is 13.6. The Morgan fingerprint density at radius 1 is 1.11 bits per heavy atom. The molecule has 0 saturated carbocycles. The van der Waals surface area contributed by atoms with Crippen LogP contribution in [0.2, 0.25) is 0 Å². The Balaban J connectivity index is 2.03. The fraction of sp³-hybridized carbons (Fsp3) is 0.250. The molecule has 0 spiro atoms. The second-order valence-electron chi connectivity index (χ2n) is 4.65. The van der Waals surface area contributed by atoms with E-state index in [2.05, 4.69) is 0 Å².